The number of aromatic nitrogens is 2. The lowest BCUT2D eigenvalue weighted by atomic mass is 9.81. The maximum absolute atomic E-state index is 15.4. The third kappa shape index (κ3) is 11.7. The van der Waals surface area contributed by atoms with E-state index >= 15 is 4.39 Å². The minimum Gasteiger partial charge on any atom is -0.458 e. The van der Waals surface area contributed by atoms with Crippen molar-refractivity contribution in [3.63, 3.8) is 0 Å². The second-order valence-electron chi connectivity index (χ2n) is 19.0. The number of hydrogen-bond donors (Lipinski definition) is 8. The van der Waals surface area contributed by atoms with Gasteiger partial charge in [-0.2, -0.15) is 0 Å². The second kappa shape index (κ2) is 22.0. The molecule has 384 valence electrons. The molecule has 0 saturated carbocycles. The minimum absolute atomic E-state index is 0.0234. The number of ether oxygens (including phenoxy) is 2. The molecule has 0 spiro atoms. The van der Waals surface area contributed by atoms with Crippen molar-refractivity contribution in [1.82, 2.24) is 46.4 Å². The number of rotatable bonds is 19. The summed E-state index contributed by atoms with van der Waals surface area (Å²) in [6.45, 7) is 6.34. The number of amides is 6. The average molecular weight is 998 g/mol. The number of pyridine rings is 2. The number of halogens is 1. The number of nitrogens with one attached hydrogen (secondary N) is 6. The summed E-state index contributed by atoms with van der Waals surface area (Å²) < 4.78 is 27.2. The van der Waals surface area contributed by atoms with Gasteiger partial charge in [-0.1, -0.05) is 37.3 Å². The molecule has 0 unspecified atom stereocenters. The van der Waals surface area contributed by atoms with Crippen LogP contribution in [0.2, 0.25) is 0 Å². The van der Waals surface area contributed by atoms with Crippen molar-refractivity contribution < 1.29 is 57.6 Å². The molecule has 7 rings (SSSR count). The maximum atomic E-state index is 15.4. The van der Waals surface area contributed by atoms with Crippen molar-refractivity contribution in [3.8, 4) is 11.4 Å². The van der Waals surface area contributed by atoms with Crippen LogP contribution in [0.4, 0.5) is 9.18 Å². The Balaban J connectivity index is 0.965. The molecule has 1 aliphatic carbocycles. The number of fused-ring (bicyclic) bond motifs is 5. The van der Waals surface area contributed by atoms with Crippen molar-refractivity contribution in [3.05, 3.63) is 97.6 Å². The second-order valence-corrected chi connectivity index (χ2v) is 19.0. The summed E-state index contributed by atoms with van der Waals surface area (Å²) in [5.74, 6) is -4.36. The SMILES string of the molecule is CC[C@@]1(O)C(=O)OCc2c1cc1n(c2=O)Cc2c-1nc1cc(F)c(C)c3c1c2[C@@H](NC(=O)CN(CCO)CCNC(=O)CNC(=O)[C@H](Cc1ccccc1)NC(=O)CNC(=O)CNC(=O)OC(C)(C)C)CC3. The van der Waals surface area contributed by atoms with Crippen LogP contribution in [0.5, 0.6) is 0 Å². The molecule has 3 aliphatic rings. The summed E-state index contributed by atoms with van der Waals surface area (Å²) in [4.78, 5) is 111. The molecule has 2 aromatic heterocycles. The zero-order chi connectivity index (χ0) is 52.1. The topological polar surface area (TPSA) is 289 Å². The molecular weight excluding hydrogens is 938 g/mol. The van der Waals surface area contributed by atoms with Crippen LogP contribution in [0.3, 0.4) is 0 Å². The number of benzene rings is 2. The van der Waals surface area contributed by atoms with E-state index in [2.05, 4.69) is 31.9 Å². The fourth-order valence-electron chi connectivity index (χ4n) is 9.27. The van der Waals surface area contributed by atoms with E-state index in [0.717, 1.165) is 5.56 Å². The first-order chi connectivity index (χ1) is 34.2. The van der Waals surface area contributed by atoms with Crippen molar-refractivity contribution in [1.29, 1.82) is 0 Å². The highest BCUT2D eigenvalue weighted by Crippen LogP contribution is 2.46. The van der Waals surface area contributed by atoms with Gasteiger partial charge in [0, 0.05) is 48.6 Å². The van der Waals surface area contributed by atoms with Crippen LogP contribution in [-0.2, 0) is 69.8 Å². The monoisotopic (exact) mass is 997 g/mol. The van der Waals surface area contributed by atoms with Crippen molar-refractivity contribution in [2.45, 2.75) is 96.7 Å². The molecule has 0 fully saturated rings. The van der Waals surface area contributed by atoms with Crippen LogP contribution >= 0.6 is 0 Å². The highest BCUT2D eigenvalue weighted by atomic mass is 19.1. The molecule has 21 nitrogen and oxygen atoms in total. The van der Waals surface area contributed by atoms with E-state index in [1.807, 2.05) is 0 Å². The molecule has 8 N–H and O–H groups in total. The summed E-state index contributed by atoms with van der Waals surface area (Å²) in [7, 11) is 0. The van der Waals surface area contributed by atoms with Crippen molar-refractivity contribution in [2.24, 2.45) is 0 Å². The lowest BCUT2D eigenvalue weighted by Gasteiger charge is -2.31. The highest BCUT2D eigenvalue weighted by Gasteiger charge is 2.46. The highest BCUT2D eigenvalue weighted by molar-refractivity contribution is 5.95. The van der Waals surface area contributed by atoms with Crippen LogP contribution in [0.15, 0.2) is 47.3 Å². The van der Waals surface area contributed by atoms with Gasteiger partial charge in [-0.15, -0.1) is 0 Å². The molecule has 2 aromatic carbocycles. The zero-order valence-electron chi connectivity index (χ0n) is 40.8. The predicted octanol–water partition coefficient (Wildman–Crippen LogP) is 0.526. The average Bonchev–Trinajstić information content (AvgIpc) is 3.70. The number of aliphatic hydroxyl groups is 2. The Kier molecular flexibility index (Phi) is 16.0. The Bertz CT molecular complexity index is 2870. The van der Waals surface area contributed by atoms with Crippen LogP contribution in [0.25, 0.3) is 22.3 Å². The lowest BCUT2D eigenvalue weighted by Crippen LogP contribution is -2.52. The zero-order valence-corrected chi connectivity index (χ0v) is 40.8. The van der Waals surface area contributed by atoms with Gasteiger partial charge < -0.3 is 56.2 Å². The molecule has 4 heterocycles. The molecule has 0 saturated heterocycles. The first kappa shape index (κ1) is 52.5. The third-order valence-corrected chi connectivity index (χ3v) is 12.8. The van der Waals surface area contributed by atoms with E-state index in [9.17, 15) is 48.6 Å². The van der Waals surface area contributed by atoms with Crippen LogP contribution < -0.4 is 37.5 Å². The van der Waals surface area contributed by atoms with Gasteiger partial charge in [0.05, 0.1) is 61.3 Å². The van der Waals surface area contributed by atoms with E-state index in [-0.39, 0.29) is 69.9 Å². The summed E-state index contributed by atoms with van der Waals surface area (Å²) >= 11 is 0. The number of carbonyl (C=O) groups is 7. The van der Waals surface area contributed by atoms with E-state index in [1.165, 1.54) is 10.6 Å². The molecule has 22 heteroatoms. The van der Waals surface area contributed by atoms with Gasteiger partial charge in [-0.05, 0) is 75.3 Å². The Labute approximate surface area is 413 Å². The van der Waals surface area contributed by atoms with Gasteiger partial charge in [-0.3, -0.25) is 33.7 Å². The Morgan fingerprint density at radius 1 is 0.944 bits per heavy atom. The largest absolute Gasteiger partial charge is 0.458 e. The number of carbonyl (C=O) groups excluding carboxylic acids is 7. The maximum Gasteiger partial charge on any atom is 0.408 e. The van der Waals surface area contributed by atoms with Crippen molar-refractivity contribution >= 4 is 52.5 Å². The molecule has 2 aliphatic heterocycles. The smallest absolute Gasteiger partial charge is 0.408 e. The van der Waals surface area contributed by atoms with Gasteiger partial charge >= 0.3 is 12.1 Å². The number of nitrogens with zero attached hydrogens (tertiary/aromatic N) is 3. The van der Waals surface area contributed by atoms with E-state index in [4.69, 9.17) is 14.5 Å². The first-order valence-electron chi connectivity index (χ1n) is 23.8. The predicted molar refractivity (Wildman–Crippen MR) is 257 cm³/mol. The molecule has 4 aromatic rings. The van der Waals surface area contributed by atoms with Gasteiger partial charge in [0.1, 0.15) is 30.6 Å². The standard InChI is InChI=1S/C50H60FN9O12/c1-6-50(70)32-19-37-44-30(24-60(37)46(67)31(32)26-71-47(50)68)43-34(13-12-29-27(2)33(51)20-35(58-44)42(29)43)56-41(65)25-59(16-17-61)15-14-52-38(62)21-54-45(66)36(18-28-10-8-7-9-11-28)57-40(64)23-53-39(63)22-55-48(69)72-49(3,4)5/h7-11,19-20,34,36,61,70H,6,12-18,21-26H2,1-5H3,(H,52,62)(H,53,63)(H,54,66)(H,55,69)(H,56,65)(H,57,64)/t34-,36-,50-/m0/s1. The third-order valence-electron chi connectivity index (χ3n) is 12.8. The van der Waals surface area contributed by atoms with Gasteiger partial charge in [0.25, 0.3) is 5.56 Å². The molecule has 3 atom stereocenters. The van der Waals surface area contributed by atoms with Crippen molar-refractivity contribution in [2.75, 3.05) is 52.4 Å². The van der Waals surface area contributed by atoms with E-state index < -0.39 is 95.9 Å². The Morgan fingerprint density at radius 2 is 1.65 bits per heavy atom. The van der Waals surface area contributed by atoms with Crippen LogP contribution in [0.1, 0.15) is 85.5 Å². The fourth-order valence-corrected chi connectivity index (χ4v) is 9.27. The number of hydrogen-bond acceptors (Lipinski definition) is 14. The first-order valence-corrected chi connectivity index (χ1v) is 23.8. The van der Waals surface area contributed by atoms with Gasteiger partial charge in [-0.25, -0.2) is 19.0 Å². The molecule has 0 radical (unpaired) electrons. The molecular formula is C50H60FN9O12. The number of esters is 1. The minimum atomic E-state index is -2.05. The molecule has 72 heavy (non-hydrogen) atoms. The lowest BCUT2D eigenvalue weighted by molar-refractivity contribution is -0.172. The number of aliphatic hydroxyl groups excluding tert-OH is 1. The Morgan fingerprint density at radius 3 is 2.36 bits per heavy atom. The summed E-state index contributed by atoms with van der Waals surface area (Å²) in [5, 5.41) is 37.5. The van der Waals surface area contributed by atoms with Gasteiger partial charge in [0.15, 0.2) is 5.60 Å². The summed E-state index contributed by atoms with van der Waals surface area (Å²) in [5.41, 5.74) is 1.23. The van der Waals surface area contributed by atoms with Crippen LogP contribution in [-0.4, -0.2) is 130 Å². The number of alkyl carbamates (subject to hydrolysis) is 1. The summed E-state index contributed by atoms with van der Waals surface area (Å²) in [6.07, 6.45) is 0.00724. The quantitative estimate of drug-likeness (QED) is 0.0524. The Hall–Kier alpha value is -7.30. The number of aryl methyl sites for hydroxylation is 1. The normalized spacial score (nSPS) is 16.9. The van der Waals surface area contributed by atoms with E-state index in [1.54, 1.807) is 75.9 Å². The molecule has 0 bridgehead atoms. The molecule has 6 amide bonds. The van der Waals surface area contributed by atoms with E-state index in [0.29, 0.717) is 57.4 Å². The van der Waals surface area contributed by atoms with Crippen LogP contribution in [0, 0.1) is 12.7 Å². The summed E-state index contributed by atoms with van der Waals surface area (Å²) in [6, 6.07) is 9.98. The fraction of sp³-hybridized carbons (Fsp3) is 0.460. The number of cyclic esters (lactones) is 1. The van der Waals surface area contributed by atoms with Gasteiger partial charge in [0.2, 0.25) is 29.5 Å².